The molecular formula is C55H53BN2S. The van der Waals surface area contributed by atoms with Crippen LogP contribution in [0, 0.1) is 6.92 Å². The highest BCUT2D eigenvalue weighted by molar-refractivity contribution is 7.26. The van der Waals surface area contributed by atoms with E-state index in [2.05, 4.69) is 219 Å². The summed E-state index contributed by atoms with van der Waals surface area (Å²) in [6.07, 6.45) is 0. The predicted octanol–water partition coefficient (Wildman–Crippen LogP) is 14.0. The van der Waals surface area contributed by atoms with Crippen LogP contribution in [-0.2, 0) is 16.2 Å². The summed E-state index contributed by atoms with van der Waals surface area (Å²) >= 11 is 1.88. The van der Waals surface area contributed by atoms with Gasteiger partial charge in [0, 0.05) is 54.3 Å². The molecule has 0 unspecified atom stereocenters. The van der Waals surface area contributed by atoms with Gasteiger partial charge in [0.25, 0.3) is 6.71 Å². The maximum atomic E-state index is 2.56. The fraction of sp³-hybridized carbons (Fsp3) is 0.236. The smallest absolute Gasteiger partial charge is 0.252 e. The van der Waals surface area contributed by atoms with E-state index in [0.717, 1.165) is 0 Å². The summed E-state index contributed by atoms with van der Waals surface area (Å²) in [4.78, 5) is 5.12. The average molecular weight is 785 g/mol. The predicted molar refractivity (Wildman–Crippen MR) is 260 cm³/mol. The molecule has 3 heterocycles. The van der Waals surface area contributed by atoms with Crippen molar-refractivity contribution in [3.8, 4) is 11.1 Å². The summed E-state index contributed by atoms with van der Waals surface area (Å²) < 4.78 is 2.66. The quantitative estimate of drug-likeness (QED) is 0.165. The third kappa shape index (κ3) is 6.13. The standard InChI is InChI=1S/C55H53BN2S/c1-34-30-47-52-48(31-34)58(40-26-20-36(21-27-40)53(2,3)4)46-33-38(55(8,9)10)23-29-44(46)56(52)43-28-22-37(54(5,6)7)32-45(43)57(47)39-24-18-35(19-25-39)41-15-13-17-50-51(41)42-14-11-12-16-49(42)59-50/h11-33H,1-10H3. The first-order valence-electron chi connectivity index (χ1n) is 21.2. The Hall–Kier alpha value is -5.58. The largest absolute Gasteiger partial charge is 0.311 e. The van der Waals surface area contributed by atoms with Crippen molar-refractivity contribution in [1.82, 2.24) is 0 Å². The van der Waals surface area contributed by atoms with Gasteiger partial charge in [0.05, 0.1) is 0 Å². The Kier molecular flexibility index (Phi) is 8.44. The SMILES string of the molecule is Cc1cc2c3c(c1)N(c1ccc(C(C)(C)C)cc1)c1cc(C(C)(C)C)ccc1B3c1ccc(C(C)(C)C)cc1N2c1ccc(-c2cccc3sc4ccccc4c23)cc1. The van der Waals surface area contributed by atoms with Crippen LogP contribution < -0.4 is 26.2 Å². The molecular weight excluding hydrogens is 731 g/mol. The molecule has 0 spiro atoms. The minimum Gasteiger partial charge on any atom is -0.311 e. The second-order valence-corrected chi connectivity index (χ2v) is 21.1. The Morgan fingerprint density at radius 3 is 1.49 bits per heavy atom. The molecule has 0 saturated heterocycles. The van der Waals surface area contributed by atoms with Crippen LogP contribution in [0.25, 0.3) is 31.3 Å². The summed E-state index contributed by atoms with van der Waals surface area (Å²) in [6.45, 7) is 23.2. The highest BCUT2D eigenvalue weighted by atomic mass is 32.1. The van der Waals surface area contributed by atoms with Gasteiger partial charge in [0.15, 0.2) is 0 Å². The van der Waals surface area contributed by atoms with Crippen molar-refractivity contribution in [3.05, 3.63) is 162 Å². The molecule has 2 aliphatic heterocycles. The van der Waals surface area contributed by atoms with Crippen LogP contribution in [0.15, 0.2) is 140 Å². The van der Waals surface area contributed by atoms with Gasteiger partial charge >= 0.3 is 0 Å². The number of rotatable bonds is 3. The molecule has 292 valence electrons. The Balaban J connectivity index is 1.21. The Morgan fingerprint density at radius 2 is 0.949 bits per heavy atom. The van der Waals surface area contributed by atoms with Crippen LogP contribution in [0.1, 0.15) is 84.6 Å². The van der Waals surface area contributed by atoms with E-state index in [1.807, 2.05) is 11.3 Å². The summed E-state index contributed by atoms with van der Waals surface area (Å²) in [7, 11) is 0. The highest BCUT2D eigenvalue weighted by Crippen LogP contribution is 2.47. The van der Waals surface area contributed by atoms with E-state index < -0.39 is 0 Å². The molecule has 0 amide bonds. The lowest BCUT2D eigenvalue weighted by molar-refractivity contribution is 0.590. The van der Waals surface area contributed by atoms with Crippen molar-refractivity contribution in [2.75, 3.05) is 9.80 Å². The van der Waals surface area contributed by atoms with E-state index in [1.54, 1.807) is 0 Å². The zero-order valence-electron chi connectivity index (χ0n) is 36.2. The normalized spacial score (nSPS) is 13.8. The van der Waals surface area contributed by atoms with E-state index in [4.69, 9.17) is 0 Å². The monoisotopic (exact) mass is 784 g/mol. The molecule has 0 atom stereocenters. The van der Waals surface area contributed by atoms with Crippen molar-refractivity contribution in [2.24, 2.45) is 0 Å². The van der Waals surface area contributed by atoms with Crippen molar-refractivity contribution in [2.45, 2.75) is 85.5 Å². The van der Waals surface area contributed by atoms with E-state index >= 15 is 0 Å². The van der Waals surface area contributed by atoms with Crippen LogP contribution in [0.2, 0.25) is 0 Å². The van der Waals surface area contributed by atoms with Crippen LogP contribution in [-0.4, -0.2) is 6.71 Å². The summed E-state index contributed by atoms with van der Waals surface area (Å²) in [5, 5.41) is 2.68. The van der Waals surface area contributed by atoms with Crippen LogP contribution >= 0.6 is 11.3 Å². The molecule has 2 aliphatic rings. The van der Waals surface area contributed by atoms with Gasteiger partial charge < -0.3 is 9.80 Å². The van der Waals surface area contributed by atoms with Gasteiger partial charge in [-0.05, 0) is 134 Å². The van der Waals surface area contributed by atoms with Crippen molar-refractivity contribution in [3.63, 3.8) is 0 Å². The van der Waals surface area contributed by atoms with E-state index in [1.165, 1.54) is 104 Å². The molecule has 10 rings (SSSR count). The second kappa shape index (κ2) is 13.2. The van der Waals surface area contributed by atoms with Crippen LogP contribution in [0.3, 0.4) is 0 Å². The number of thiophene rings is 1. The molecule has 7 aromatic carbocycles. The topological polar surface area (TPSA) is 6.48 Å². The third-order valence-electron chi connectivity index (χ3n) is 12.8. The maximum Gasteiger partial charge on any atom is 0.252 e. The molecule has 2 nitrogen and oxygen atoms in total. The summed E-state index contributed by atoms with van der Waals surface area (Å²) in [6, 6.07) is 53.7. The number of nitrogens with zero attached hydrogens (tertiary/aromatic N) is 2. The van der Waals surface area contributed by atoms with Crippen LogP contribution in [0.4, 0.5) is 34.1 Å². The van der Waals surface area contributed by atoms with Gasteiger partial charge in [-0.3, -0.25) is 0 Å². The van der Waals surface area contributed by atoms with Gasteiger partial charge in [0.2, 0.25) is 0 Å². The first-order valence-corrected chi connectivity index (χ1v) is 22.0. The average Bonchev–Trinajstić information content (AvgIpc) is 3.58. The van der Waals surface area contributed by atoms with Gasteiger partial charge in [-0.1, -0.05) is 141 Å². The van der Waals surface area contributed by atoms with Gasteiger partial charge in [-0.2, -0.15) is 0 Å². The van der Waals surface area contributed by atoms with Crippen LogP contribution in [0.5, 0.6) is 0 Å². The van der Waals surface area contributed by atoms with Gasteiger partial charge in [-0.25, -0.2) is 0 Å². The van der Waals surface area contributed by atoms with Crippen molar-refractivity contribution >= 4 is 88.7 Å². The lowest BCUT2D eigenvalue weighted by atomic mass is 9.33. The second-order valence-electron chi connectivity index (χ2n) is 20.0. The fourth-order valence-electron chi connectivity index (χ4n) is 9.53. The number of fused-ring (bicyclic) bond motifs is 7. The zero-order valence-corrected chi connectivity index (χ0v) is 37.0. The van der Waals surface area contributed by atoms with Crippen molar-refractivity contribution < 1.29 is 0 Å². The Labute approximate surface area is 355 Å². The van der Waals surface area contributed by atoms with E-state index in [9.17, 15) is 0 Å². The molecule has 0 saturated carbocycles. The lowest BCUT2D eigenvalue weighted by Gasteiger charge is -2.45. The van der Waals surface area contributed by atoms with Gasteiger partial charge in [-0.15, -0.1) is 11.3 Å². The third-order valence-corrected chi connectivity index (χ3v) is 13.9. The molecule has 4 heteroatoms. The number of benzene rings is 7. The molecule has 0 fully saturated rings. The van der Waals surface area contributed by atoms with Gasteiger partial charge in [0.1, 0.15) is 0 Å². The molecule has 59 heavy (non-hydrogen) atoms. The first-order chi connectivity index (χ1) is 28.1. The lowest BCUT2D eigenvalue weighted by Crippen LogP contribution is -2.61. The molecule has 0 radical (unpaired) electrons. The number of hydrogen-bond donors (Lipinski definition) is 0. The summed E-state index contributed by atoms with van der Waals surface area (Å²) in [5.74, 6) is 0. The van der Waals surface area contributed by atoms with E-state index in [0.29, 0.717) is 0 Å². The molecule has 0 bridgehead atoms. The number of aryl methyl sites for hydroxylation is 1. The molecule has 1 aromatic heterocycles. The molecule has 8 aromatic rings. The number of anilines is 6. The maximum absolute atomic E-state index is 2.56. The minimum absolute atomic E-state index is 0.00588. The molecule has 0 N–H and O–H groups in total. The van der Waals surface area contributed by atoms with E-state index in [-0.39, 0.29) is 23.0 Å². The Bertz CT molecular complexity index is 2950. The first kappa shape index (κ1) is 37.7. The Morgan fingerprint density at radius 1 is 0.458 bits per heavy atom. The number of hydrogen-bond acceptors (Lipinski definition) is 3. The fourth-order valence-corrected chi connectivity index (χ4v) is 10.7. The highest BCUT2D eigenvalue weighted by Gasteiger charge is 2.44. The zero-order chi connectivity index (χ0) is 41.2. The molecule has 0 aliphatic carbocycles. The minimum atomic E-state index is -0.00725. The summed E-state index contributed by atoms with van der Waals surface area (Å²) in [5.41, 5.74) is 19.3. The van der Waals surface area contributed by atoms with Crippen molar-refractivity contribution in [1.29, 1.82) is 0 Å².